The second-order valence-electron chi connectivity index (χ2n) is 8.55. The number of hydrogen-bond donors (Lipinski definition) is 0. The Morgan fingerprint density at radius 3 is 1.92 bits per heavy atom. The smallest absolute Gasteiger partial charge is 0.333 e. The van der Waals surface area contributed by atoms with Crippen LogP contribution in [0.5, 0.6) is 0 Å². The van der Waals surface area contributed by atoms with Gasteiger partial charge in [0.15, 0.2) is 0 Å². The molecule has 0 aromatic rings. The second kappa shape index (κ2) is 14.3. The van der Waals surface area contributed by atoms with Gasteiger partial charge in [-0.3, -0.25) is 0 Å². The molecule has 0 saturated heterocycles. The van der Waals surface area contributed by atoms with Crippen LogP contribution in [-0.4, -0.2) is 25.8 Å². The van der Waals surface area contributed by atoms with Crippen molar-refractivity contribution in [3.05, 3.63) is 12.2 Å². The van der Waals surface area contributed by atoms with Crippen LogP contribution in [0.4, 0.5) is 0 Å². The van der Waals surface area contributed by atoms with Crippen LogP contribution < -0.4 is 0 Å². The molecule has 0 aliphatic rings. The number of methoxy groups -OCH3 is 1. The predicted molar refractivity (Wildman–Crippen MR) is 111 cm³/mol. The molecule has 0 aromatic heterocycles. The largest absolute Gasteiger partial charge is 0.459 e. The minimum atomic E-state index is -0.287. The Labute approximate surface area is 162 Å². The van der Waals surface area contributed by atoms with E-state index >= 15 is 0 Å². The summed E-state index contributed by atoms with van der Waals surface area (Å²) in [6.07, 6.45) is 7.95. The molecule has 0 rings (SSSR count). The first-order valence-electron chi connectivity index (χ1n) is 10.6. The fraction of sp³-hybridized carbons (Fsp3) is 0.870. The zero-order valence-electron chi connectivity index (χ0n) is 18.5. The van der Waals surface area contributed by atoms with E-state index in [9.17, 15) is 4.79 Å². The zero-order valence-corrected chi connectivity index (χ0v) is 18.5. The molecule has 3 nitrogen and oxygen atoms in total. The van der Waals surface area contributed by atoms with Crippen molar-refractivity contribution in [3.8, 4) is 0 Å². The molecule has 3 heteroatoms. The van der Waals surface area contributed by atoms with E-state index in [1.807, 2.05) is 0 Å². The molecule has 0 radical (unpaired) electrons. The number of carbonyl (C=O) groups is 1. The van der Waals surface area contributed by atoms with Crippen LogP contribution in [0.3, 0.4) is 0 Å². The number of hydrogen-bond acceptors (Lipinski definition) is 3. The van der Waals surface area contributed by atoms with Crippen LogP contribution >= 0.6 is 0 Å². The molecule has 0 aliphatic carbocycles. The van der Waals surface area contributed by atoms with Crippen LogP contribution in [-0.2, 0) is 14.3 Å². The van der Waals surface area contributed by atoms with Crippen molar-refractivity contribution in [1.29, 1.82) is 0 Å². The summed E-state index contributed by atoms with van der Waals surface area (Å²) in [7, 11) is 1.68. The fourth-order valence-electron chi connectivity index (χ4n) is 3.16. The molecule has 154 valence electrons. The average Bonchev–Trinajstić information content (AvgIpc) is 2.61. The summed E-state index contributed by atoms with van der Waals surface area (Å²) in [5.74, 6) is 2.62. The minimum Gasteiger partial charge on any atom is -0.459 e. The highest BCUT2D eigenvalue weighted by atomic mass is 16.5. The Hall–Kier alpha value is -0.830. The quantitative estimate of drug-likeness (QED) is 0.247. The first kappa shape index (κ1) is 25.2. The molecule has 5 atom stereocenters. The first-order valence-corrected chi connectivity index (χ1v) is 10.6. The number of carbonyl (C=O) groups excluding carboxylic acids is 1. The molecule has 0 N–H and O–H groups in total. The Morgan fingerprint density at radius 1 is 0.923 bits per heavy atom. The molecule has 0 fully saturated rings. The second-order valence-corrected chi connectivity index (χ2v) is 8.55. The zero-order chi connectivity index (χ0) is 20.1. The SMILES string of the molecule is C=C(C)C(=O)OC(CCOC)CC(C)CCC(C)C(C)CCC(C)CC. The summed E-state index contributed by atoms with van der Waals surface area (Å²) in [4.78, 5) is 11.8. The highest BCUT2D eigenvalue weighted by Gasteiger charge is 2.20. The lowest BCUT2D eigenvalue weighted by atomic mass is 9.83. The highest BCUT2D eigenvalue weighted by molar-refractivity contribution is 5.87. The summed E-state index contributed by atoms with van der Waals surface area (Å²) < 4.78 is 10.8. The van der Waals surface area contributed by atoms with Crippen LogP contribution in [0.15, 0.2) is 12.2 Å². The third kappa shape index (κ3) is 11.7. The average molecular weight is 369 g/mol. The van der Waals surface area contributed by atoms with Gasteiger partial charge in [0.25, 0.3) is 0 Å². The van der Waals surface area contributed by atoms with E-state index in [2.05, 4.69) is 41.2 Å². The molecule has 0 aromatic carbocycles. The topological polar surface area (TPSA) is 35.5 Å². The van der Waals surface area contributed by atoms with Crippen molar-refractivity contribution >= 4 is 5.97 Å². The highest BCUT2D eigenvalue weighted by Crippen LogP contribution is 2.27. The molecule has 0 amide bonds. The van der Waals surface area contributed by atoms with Gasteiger partial charge in [0.05, 0.1) is 0 Å². The van der Waals surface area contributed by atoms with Gasteiger partial charge in [0.2, 0.25) is 0 Å². The third-order valence-corrected chi connectivity index (χ3v) is 5.83. The van der Waals surface area contributed by atoms with Gasteiger partial charge in [-0.1, -0.05) is 73.3 Å². The van der Waals surface area contributed by atoms with E-state index in [4.69, 9.17) is 9.47 Å². The van der Waals surface area contributed by atoms with Gasteiger partial charge in [-0.05, 0) is 37.0 Å². The molecule has 5 unspecified atom stereocenters. The molecule has 0 heterocycles. The van der Waals surface area contributed by atoms with Crippen LogP contribution in [0.2, 0.25) is 0 Å². The standard InChI is InChI=1S/C23H44O3/c1-9-18(4)10-12-20(6)21(7)13-11-19(5)16-22(14-15-25-8)26-23(24)17(2)3/h18-22H,2,9-16H2,1,3-8H3. The van der Waals surface area contributed by atoms with Gasteiger partial charge in [-0.15, -0.1) is 0 Å². The molecule has 0 spiro atoms. The van der Waals surface area contributed by atoms with Crippen molar-refractivity contribution in [2.75, 3.05) is 13.7 Å². The number of esters is 1. The van der Waals surface area contributed by atoms with Crippen LogP contribution in [0, 0.1) is 23.7 Å². The maximum Gasteiger partial charge on any atom is 0.333 e. The first-order chi connectivity index (χ1) is 12.2. The fourth-order valence-corrected chi connectivity index (χ4v) is 3.16. The normalized spacial score (nSPS) is 17.2. The van der Waals surface area contributed by atoms with E-state index in [1.54, 1.807) is 14.0 Å². The molecule has 0 bridgehead atoms. The summed E-state index contributed by atoms with van der Waals surface area (Å²) in [5, 5.41) is 0. The maximum absolute atomic E-state index is 11.8. The van der Waals surface area contributed by atoms with E-state index < -0.39 is 0 Å². The van der Waals surface area contributed by atoms with Crippen molar-refractivity contribution in [2.45, 2.75) is 92.6 Å². The predicted octanol–water partition coefficient (Wildman–Crippen LogP) is 6.42. The summed E-state index contributed by atoms with van der Waals surface area (Å²) in [6.45, 7) is 17.7. The minimum absolute atomic E-state index is 0.0766. The van der Waals surface area contributed by atoms with Gasteiger partial charge < -0.3 is 9.47 Å². The maximum atomic E-state index is 11.8. The van der Waals surface area contributed by atoms with E-state index in [-0.39, 0.29) is 12.1 Å². The lowest BCUT2D eigenvalue weighted by molar-refractivity contribution is -0.145. The van der Waals surface area contributed by atoms with E-state index in [0.29, 0.717) is 18.1 Å². The van der Waals surface area contributed by atoms with Crippen LogP contribution in [0.25, 0.3) is 0 Å². The Morgan fingerprint density at radius 2 is 1.46 bits per heavy atom. The lowest BCUT2D eigenvalue weighted by Gasteiger charge is -2.25. The molecule has 0 aliphatic heterocycles. The van der Waals surface area contributed by atoms with Gasteiger partial charge in [-0.25, -0.2) is 4.79 Å². The van der Waals surface area contributed by atoms with E-state index in [0.717, 1.165) is 30.6 Å². The van der Waals surface area contributed by atoms with Gasteiger partial charge >= 0.3 is 5.97 Å². The summed E-state index contributed by atoms with van der Waals surface area (Å²) in [5.41, 5.74) is 0.462. The lowest BCUT2D eigenvalue weighted by Crippen LogP contribution is -2.23. The van der Waals surface area contributed by atoms with Crippen molar-refractivity contribution < 1.29 is 14.3 Å². The summed E-state index contributed by atoms with van der Waals surface area (Å²) >= 11 is 0. The third-order valence-electron chi connectivity index (χ3n) is 5.83. The van der Waals surface area contributed by atoms with Crippen molar-refractivity contribution in [3.63, 3.8) is 0 Å². The monoisotopic (exact) mass is 368 g/mol. The van der Waals surface area contributed by atoms with Gasteiger partial charge in [-0.2, -0.15) is 0 Å². The van der Waals surface area contributed by atoms with Crippen molar-refractivity contribution in [1.82, 2.24) is 0 Å². The number of rotatable bonds is 15. The molecule has 0 saturated carbocycles. The Kier molecular flexibility index (Phi) is 13.8. The summed E-state index contributed by atoms with van der Waals surface area (Å²) in [6, 6.07) is 0. The Balaban J connectivity index is 4.32. The number of ether oxygens (including phenoxy) is 2. The van der Waals surface area contributed by atoms with Crippen molar-refractivity contribution in [2.24, 2.45) is 23.7 Å². The molecular formula is C23H44O3. The molecular weight excluding hydrogens is 324 g/mol. The Bertz CT molecular complexity index is 391. The van der Waals surface area contributed by atoms with Gasteiger partial charge in [0.1, 0.15) is 6.10 Å². The van der Waals surface area contributed by atoms with Crippen LogP contribution in [0.1, 0.15) is 86.5 Å². The van der Waals surface area contributed by atoms with E-state index in [1.165, 1.54) is 32.1 Å². The molecule has 26 heavy (non-hydrogen) atoms. The van der Waals surface area contributed by atoms with Gasteiger partial charge in [0, 0.05) is 25.7 Å².